The van der Waals surface area contributed by atoms with Crippen LogP contribution in [0.2, 0.25) is 0 Å². The first kappa shape index (κ1) is 13.4. The molecule has 0 amide bonds. The summed E-state index contributed by atoms with van der Waals surface area (Å²) in [6, 6.07) is 3.90. The number of rotatable bonds is 5. The van der Waals surface area contributed by atoms with Gasteiger partial charge in [0.25, 0.3) is 0 Å². The van der Waals surface area contributed by atoms with Crippen molar-refractivity contribution in [1.82, 2.24) is 0 Å². The number of halogens is 3. The minimum Gasteiger partial charge on any atom is -0.207 e. The Balaban J connectivity index is 2.59. The van der Waals surface area contributed by atoms with E-state index in [1.807, 2.05) is 0 Å². The fourth-order valence-electron chi connectivity index (χ4n) is 1.57. The largest absolute Gasteiger partial charge is 0.207 e. The molecule has 1 unspecified atom stereocenters. The van der Waals surface area contributed by atoms with Gasteiger partial charge in [0.15, 0.2) is 0 Å². The molecule has 1 aromatic rings. The first-order valence-electron chi connectivity index (χ1n) is 5.57. The van der Waals surface area contributed by atoms with E-state index in [1.165, 1.54) is 18.2 Å². The zero-order valence-electron chi connectivity index (χ0n) is 9.64. The fourth-order valence-corrected chi connectivity index (χ4v) is 1.85. The van der Waals surface area contributed by atoms with Gasteiger partial charge in [0.1, 0.15) is 11.6 Å². The van der Waals surface area contributed by atoms with Crippen molar-refractivity contribution in [1.29, 1.82) is 0 Å². The number of hydrogen-bond donors (Lipinski definition) is 0. The lowest BCUT2D eigenvalue weighted by molar-refractivity contribution is 0.519. The van der Waals surface area contributed by atoms with Gasteiger partial charge < -0.3 is 0 Å². The second-order valence-electron chi connectivity index (χ2n) is 4.47. The first-order chi connectivity index (χ1) is 7.50. The van der Waals surface area contributed by atoms with Crippen molar-refractivity contribution in [2.45, 2.75) is 38.5 Å². The van der Waals surface area contributed by atoms with E-state index in [0.29, 0.717) is 5.92 Å². The second-order valence-corrected chi connectivity index (χ2v) is 5.09. The van der Waals surface area contributed by atoms with E-state index in [0.717, 1.165) is 12.8 Å². The number of benzene rings is 1. The molecule has 0 aliphatic heterocycles. The summed E-state index contributed by atoms with van der Waals surface area (Å²) in [6.07, 6.45) is 2.02. The summed E-state index contributed by atoms with van der Waals surface area (Å²) in [7, 11) is 0. The van der Waals surface area contributed by atoms with Crippen LogP contribution in [-0.4, -0.2) is 5.38 Å². The molecular weight excluding hydrogens is 230 g/mol. The van der Waals surface area contributed by atoms with E-state index in [2.05, 4.69) is 13.8 Å². The van der Waals surface area contributed by atoms with Crippen LogP contribution in [0.4, 0.5) is 8.78 Å². The topological polar surface area (TPSA) is 0 Å². The molecule has 0 radical (unpaired) electrons. The maximum absolute atomic E-state index is 13.3. The third-order valence-electron chi connectivity index (χ3n) is 2.54. The Kier molecular flexibility index (Phi) is 5.20. The normalized spacial score (nSPS) is 13.1. The Labute approximate surface area is 101 Å². The smallest absolute Gasteiger partial charge is 0.129 e. The second kappa shape index (κ2) is 6.19. The maximum Gasteiger partial charge on any atom is 0.129 e. The van der Waals surface area contributed by atoms with Crippen LogP contribution < -0.4 is 0 Å². The van der Waals surface area contributed by atoms with Crippen molar-refractivity contribution in [3.05, 3.63) is 35.4 Å². The molecule has 0 saturated carbocycles. The van der Waals surface area contributed by atoms with E-state index in [9.17, 15) is 8.78 Å². The first-order valence-corrected chi connectivity index (χ1v) is 6.01. The van der Waals surface area contributed by atoms with Crippen LogP contribution in [0.25, 0.3) is 0 Å². The van der Waals surface area contributed by atoms with E-state index < -0.39 is 11.6 Å². The van der Waals surface area contributed by atoms with Gasteiger partial charge >= 0.3 is 0 Å². The molecule has 0 spiro atoms. The van der Waals surface area contributed by atoms with Gasteiger partial charge in [-0.25, -0.2) is 8.78 Å². The maximum atomic E-state index is 13.3. The fraction of sp³-hybridized carbons (Fsp3) is 0.538. The van der Waals surface area contributed by atoms with E-state index >= 15 is 0 Å². The Morgan fingerprint density at radius 3 is 2.19 bits per heavy atom. The van der Waals surface area contributed by atoms with Crippen LogP contribution in [0.5, 0.6) is 0 Å². The standard InChI is InChI=1S/C13H17ClF2/c1-9(2)6-7-10(14)8-11-12(15)4-3-5-13(11)16/h3-5,9-10H,6-8H2,1-2H3. The minimum absolute atomic E-state index is 0.103. The minimum atomic E-state index is -0.504. The molecule has 0 aliphatic rings. The molecule has 16 heavy (non-hydrogen) atoms. The van der Waals surface area contributed by atoms with Crippen molar-refractivity contribution >= 4 is 11.6 Å². The molecule has 3 heteroatoms. The summed E-state index contributed by atoms with van der Waals surface area (Å²) in [5.74, 6) is -0.447. The predicted octanol–water partition coefficient (Wildman–Crippen LogP) is 4.55. The molecule has 0 nitrogen and oxygen atoms in total. The van der Waals surface area contributed by atoms with Crippen LogP contribution in [0, 0.1) is 17.6 Å². The average Bonchev–Trinajstić information content (AvgIpc) is 2.21. The molecule has 0 aliphatic carbocycles. The summed E-state index contributed by atoms with van der Waals surface area (Å²) < 4.78 is 26.6. The molecule has 1 aromatic carbocycles. The number of alkyl halides is 1. The van der Waals surface area contributed by atoms with Crippen molar-refractivity contribution < 1.29 is 8.78 Å². The van der Waals surface area contributed by atoms with E-state index in [4.69, 9.17) is 11.6 Å². The van der Waals surface area contributed by atoms with Crippen molar-refractivity contribution in [2.24, 2.45) is 5.92 Å². The average molecular weight is 247 g/mol. The third-order valence-corrected chi connectivity index (χ3v) is 2.92. The van der Waals surface area contributed by atoms with Gasteiger partial charge in [-0.1, -0.05) is 19.9 Å². The molecule has 0 bridgehead atoms. The Bertz CT molecular complexity index is 316. The van der Waals surface area contributed by atoms with Crippen LogP contribution in [0.1, 0.15) is 32.3 Å². The summed E-state index contributed by atoms with van der Waals surface area (Å²) in [5, 5.41) is -0.200. The highest BCUT2D eigenvalue weighted by molar-refractivity contribution is 6.20. The summed E-state index contributed by atoms with van der Waals surface area (Å²) >= 11 is 6.07. The zero-order valence-corrected chi connectivity index (χ0v) is 10.4. The Hall–Kier alpha value is -0.630. The monoisotopic (exact) mass is 246 g/mol. The van der Waals surface area contributed by atoms with E-state index in [1.54, 1.807) is 0 Å². The van der Waals surface area contributed by atoms with Crippen LogP contribution in [0.3, 0.4) is 0 Å². The molecule has 0 heterocycles. The van der Waals surface area contributed by atoms with Gasteiger partial charge in [-0.3, -0.25) is 0 Å². The van der Waals surface area contributed by atoms with Gasteiger partial charge in [-0.05, 0) is 37.3 Å². The van der Waals surface area contributed by atoms with Crippen molar-refractivity contribution in [2.75, 3.05) is 0 Å². The van der Waals surface area contributed by atoms with Gasteiger partial charge in [0.2, 0.25) is 0 Å². The van der Waals surface area contributed by atoms with Crippen LogP contribution in [0.15, 0.2) is 18.2 Å². The molecule has 90 valence electrons. The van der Waals surface area contributed by atoms with Gasteiger partial charge in [0.05, 0.1) is 0 Å². The van der Waals surface area contributed by atoms with Gasteiger partial charge in [-0.2, -0.15) is 0 Å². The molecule has 1 rings (SSSR count). The Morgan fingerprint density at radius 1 is 1.12 bits per heavy atom. The summed E-state index contributed by atoms with van der Waals surface area (Å²) in [5.41, 5.74) is 0.103. The lowest BCUT2D eigenvalue weighted by atomic mass is 10.0. The lowest BCUT2D eigenvalue weighted by Crippen LogP contribution is -2.08. The molecule has 0 saturated heterocycles. The molecule has 0 fully saturated rings. The van der Waals surface area contributed by atoms with Crippen LogP contribution >= 0.6 is 11.6 Å². The number of hydrogen-bond acceptors (Lipinski definition) is 0. The van der Waals surface area contributed by atoms with E-state index in [-0.39, 0.29) is 17.4 Å². The molecule has 0 N–H and O–H groups in total. The SMILES string of the molecule is CC(C)CCC(Cl)Cc1c(F)cccc1F. The quantitative estimate of drug-likeness (QED) is 0.669. The van der Waals surface area contributed by atoms with Gasteiger partial charge in [0, 0.05) is 10.9 Å². The highest BCUT2D eigenvalue weighted by Crippen LogP contribution is 2.20. The summed E-state index contributed by atoms with van der Waals surface area (Å²) in [6.45, 7) is 4.21. The van der Waals surface area contributed by atoms with Crippen molar-refractivity contribution in [3.8, 4) is 0 Å². The van der Waals surface area contributed by atoms with Gasteiger partial charge in [-0.15, -0.1) is 11.6 Å². The molecular formula is C13H17ClF2. The van der Waals surface area contributed by atoms with Crippen molar-refractivity contribution in [3.63, 3.8) is 0 Å². The third kappa shape index (κ3) is 4.09. The Morgan fingerprint density at radius 2 is 1.69 bits per heavy atom. The summed E-state index contributed by atoms with van der Waals surface area (Å²) in [4.78, 5) is 0. The predicted molar refractivity (Wildman–Crippen MR) is 63.8 cm³/mol. The molecule has 0 aromatic heterocycles. The molecule has 1 atom stereocenters. The lowest BCUT2D eigenvalue weighted by Gasteiger charge is -2.12. The van der Waals surface area contributed by atoms with Crippen LogP contribution in [-0.2, 0) is 6.42 Å². The zero-order chi connectivity index (χ0) is 12.1. The highest BCUT2D eigenvalue weighted by atomic mass is 35.5. The highest BCUT2D eigenvalue weighted by Gasteiger charge is 2.14.